The Bertz CT molecular complexity index is 685. The molecule has 1 aromatic carbocycles. The van der Waals surface area contributed by atoms with E-state index in [2.05, 4.69) is 17.1 Å². The highest BCUT2D eigenvalue weighted by Crippen LogP contribution is 2.39. The Kier molecular flexibility index (Phi) is 5.28. The number of nitrogens with zero attached hydrogens (tertiary/aromatic N) is 1. The van der Waals surface area contributed by atoms with Gasteiger partial charge in [-0.3, -0.25) is 9.69 Å². The van der Waals surface area contributed by atoms with Crippen molar-refractivity contribution in [2.75, 3.05) is 26.4 Å². The van der Waals surface area contributed by atoms with Crippen molar-refractivity contribution in [3.63, 3.8) is 0 Å². The first-order valence-electron chi connectivity index (χ1n) is 10.2. The van der Waals surface area contributed by atoms with Gasteiger partial charge in [-0.1, -0.05) is 25.8 Å². The average molecular weight is 374 g/mol. The number of carbonyl (C=O) groups is 1. The quantitative estimate of drug-likeness (QED) is 0.847. The molecule has 2 atom stereocenters. The van der Waals surface area contributed by atoms with E-state index in [0.29, 0.717) is 50.2 Å². The number of fused-ring (bicyclic) bond motifs is 1. The summed E-state index contributed by atoms with van der Waals surface area (Å²) in [6, 6.07) is 5.98. The first-order valence-corrected chi connectivity index (χ1v) is 10.2. The molecule has 0 bridgehead atoms. The number of amides is 1. The molecular formula is C21H30N2O4. The smallest absolute Gasteiger partial charge is 0.234 e. The molecule has 1 saturated carbocycles. The van der Waals surface area contributed by atoms with Gasteiger partial charge in [0.15, 0.2) is 11.5 Å². The third-order valence-electron chi connectivity index (χ3n) is 6.42. The number of nitrogens with one attached hydrogen (secondary N) is 1. The number of likely N-dealkylation sites (tertiary alicyclic amines) is 1. The molecule has 1 aliphatic carbocycles. The summed E-state index contributed by atoms with van der Waals surface area (Å²) in [5, 5.41) is 14.3. The van der Waals surface area contributed by atoms with Gasteiger partial charge in [-0.15, -0.1) is 0 Å². The first-order chi connectivity index (χ1) is 13.0. The Morgan fingerprint density at radius 3 is 2.74 bits per heavy atom. The van der Waals surface area contributed by atoms with E-state index in [-0.39, 0.29) is 12.7 Å². The molecule has 2 aliphatic heterocycles. The highest BCUT2D eigenvalue weighted by Gasteiger charge is 2.35. The molecular weight excluding hydrogens is 344 g/mol. The summed E-state index contributed by atoms with van der Waals surface area (Å²) in [6.45, 7) is 4.30. The van der Waals surface area contributed by atoms with Gasteiger partial charge < -0.3 is 19.9 Å². The Labute approximate surface area is 160 Å². The van der Waals surface area contributed by atoms with E-state index >= 15 is 0 Å². The second-order valence-corrected chi connectivity index (χ2v) is 8.31. The highest BCUT2D eigenvalue weighted by molar-refractivity contribution is 5.78. The van der Waals surface area contributed by atoms with Gasteiger partial charge >= 0.3 is 0 Å². The van der Waals surface area contributed by atoms with E-state index in [9.17, 15) is 9.90 Å². The summed E-state index contributed by atoms with van der Waals surface area (Å²) < 4.78 is 10.8. The van der Waals surface area contributed by atoms with Crippen LogP contribution in [0.3, 0.4) is 0 Å². The molecule has 1 saturated heterocycles. The van der Waals surface area contributed by atoms with E-state index in [1.807, 2.05) is 18.2 Å². The molecule has 2 N–H and O–H groups in total. The van der Waals surface area contributed by atoms with Gasteiger partial charge in [0.25, 0.3) is 0 Å². The van der Waals surface area contributed by atoms with Crippen molar-refractivity contribution in [3.05, 3.63) is 23.8 Å². The lowest BCUT2D eigenvalue weighted by Gasteiger charge is -2.38. The third kappa shape index (κ3) is 4.06. The topological polar surface area (TPSA) is 71.0 Å². The maximum Gasteiger partial charge on any atom is 0.234 e. The van der Waals surface area contributed by atoms with Gasteiger partial charge in [-0.25, -0.2) is 0 Å². The van der Waals surface area contributed by atoms with Crippen molar-refractivity contribution in [1.82, 2.24) is 10.2 Å². The minimum Gasteiger partial charge on any atom is -0.454 e. The maximum absolute atomic E-state index is 12.4. The second kappa shape index (κ2) is 7.68. The van der Waals surface area contributed by atoms with Crippen molar-refractivity contribution in [3.8, 4) is 11.5 Å². The molecule has 0 spiro atoms. The fourth-order valence-electron chi connectivity index (χ4n) is 4.54. The van der Waals surface area contributed by atoms with Crippen LogP contribution in [0, 0.1) is 5.92 Å². The molecule has 2 heterocycles. The maximum atomic E-state index is 12.4. The van der Waals surface area contributed by atoms with E-state index < -0.39 is 5.60 Å². The Morgan fingerprint density at radius 2 is 1.96 bits per heavy atom. The van der Waals surface area contributed by atoms with Crippen molar-refractivity contribution >= 4 is 5.91 Å². The van der Waals surface area contributed by atoms with Crippen LogP contribution < -0.4 is 14.8 Å². The molecule has 1 aromatic rings. The van der Waals surface area contributed by atoms with Crippen molar-refractivity contribution < 1.29 is 19.4 Å². The van der Waals surface area contributed by atoms with Crippen LogP contribution >= 0.6 is 0 Å². The van der Waals surface area contributed by atoms with Crippen molar-refractivity contribution in [2.24, 2.45) is 5.92 Å². The van der Waals surface area contributed by atoms with E-state index in [1.54, 1.807) is 0 Å². The average Bonchev–Trinajstić information content (AvgIpc) is 3.13. The summed E-state index contributed by atoms with van der Waals surface area (Å²) in [7, 11) is 0. The molecule has 0 radical (unpaired) electrons. The van der Waals surface area contributed by atoms with Gasteiger partial charge in [-0.05, 0) is 49.3 Å². The first kappa shape index (κ1) is 18.6. The molecule has 3 aliphatic rings. The minimum absolute atomic E-state index is 0.113. The second-order valence-electron chi connectivity index (χ2n) is 8.31. The fraction of sp³-hybridized carbons (Fsp3) is 0.667. The predicted octanol–water partition coefficient (Wildman–Crippen LogP) is 2.39. The number of rotatable bonds is 4. The molecule has 2 fully saturated rings. The van der Waals surface area contributed by atoms with Crippen molar-refractivity contribution in [1.29, 1.82) is 0 Å². The molecule has 27 heavy (non-hydrogen) atoms. The third-order valence-corrected chi connectivity index (χ3v) is 6.42. The molecule has 148 valence electrons. The normalized spacial score (nSPS) is 27.3. The number of piperidine rings is 1. The molecule has 6 nitrogen and oxygen atoms in total. The molecule has 4 rings (SSSR count). The van der Waals surface area contributed by atoms with Crippen LogP contribution in [0.1, 0.15) is 51.0 Å². The van der Waals surface area contributed by atoms with Crippen LogP contribution in [0.15, 0.2) is 18.2 Å². The molecule has 0 unspecified atom stereocenters. The van der Waals surface area contributed by atoms with Gasteiger partial charge in [0.1, 0.15) is 0 Å². The van der Waals surface area contributed by atoms with Gasteiger partial charge in [-0.2, -0.15) is 0 Å². The predicted molar refractivity (Wildman–Crippen MR) is 102 cm³/mol. The van der Waals surface area contributed by atoms with Crippen LogP contribution in [0.5, 0.6) is 11.5 Å². The monoisotopic (exact) mass is 374 g/mol. The molecule has 6 heteroatoms. The lowest BCUT2D eigenvalue weighted by molar-refractivity contribution is -0.124. The summed E-state index contributed by atoms with van der Waals surface area (Å²) in [5.41, 5.74) is -0.00172. The van der Waals surface area contributed by atoms with Gasteiger partial charge in [0.2, 0.25) is 12.7 Å². The number of hydrogen-bond acceptors (Lipinski definition) is 5. The zero-order valence-electron chi connectivity index (χ0n) is 16.1. The Morgan fingerprint density at radius 1 is 1.22 bits per heavy atom. The lowest BCUT2D eigenvalue weighted by Crippen LogP contribution is -2.49. The number of hydrogen-bond donors (Lipinski definition) is 2. The molecule has 1 amide bonds. The summed E-state index contributed by atoms with van der Waals surface area (Å²) in [6.07, 6.45) is 6.01. The largest absolute Gasteiger partial charge is 0.454 e. The standard InChI is InChI=1S/C21H30N2O4/c1-15-4-2-3-5-17(15)22-20(24)13-23-10-8-21(25,9-11-23)16-6-7-18-19(12-16)27-14-26-18/h6-7,12,15,17,25H,2-5,8-11,13-14H2,1H3,(H,22,24)/t15-,17-/m0/s1. The van der Waals surface area contributed by atoms with Gasteiger partial charge in [0, 0.05) is 19.1 Å². The van der Waals surface area contributed by atoms with Crippen LogP contribution in [0.2, 0.25) is 0 Å². The zero-order valence-corrected chi connectivity index (χ0v) is 16.1. The van der Waals surface area contributed by atoms with Crippen LogP contribution in [0.25, 0.3) is 0 Å². The number of benzene rings is 1. The lowest BCUT2D eigenvalue weighted by atomic mass is 9.84. The van der Waals surface area contributed by atoms with E-state index in [4.69, 9.17) is 9.47 Å². The van der Waals surface area contributed by atoms with Gasteiger partial charge in [0.05, 0.1) is 12.1 Å². The summed E-state index contributed by atoms with van der Waals surface area (Å²) in [5.74, 6) is 2.11. The van der Waals surface area contributed by atoms with Crippen LogP contribution in [-0.2, 0) is 10.4 Å². The fourth-order valence-corrected chi connectivity index (χ4v) is 4.54. The molecule has 0 aromatic heterocycles. The number of aliphatic hydroxyl groups is 1. The van der Waals surface area contributed by atoms with Crippen molar-refractivity contribution in [2.45, 2.75) is 57.1 Å². The van der Waals surface area contributed by atoms with Crippen LogP contribution in [0.4, 0.5) is 0 Å². The Balaban J connectivity index is 1.30. The minimum atomic E-state index is -0.869. The number of carbonyl (C=O) groups excluding carboxylic acids is 1. The summed E-state index contributed by atoms with van der Waals surface area (Å²) in [4.78, 5) is 14.6. The summed E-state index contributed by atoms with van der Waals surface area (Å²) >= 11 is 0. The Hall–Kier alpha value is -1.79. The number of ether oxygens (including phenoxy) is 2. The van der Waals surface area contributed by atoms with Crippen LogP contribution in [-0.4, -0.2) is 48.4 Å². The zero-order chi connectivity index (χ0) is 18.9. The SMILES string of the molecule is C[C@H]1CCCC[C@@H]1NC(=O)CN1CCC(O)(c2ccc3c(c2)OCO3)CC1. The van der Waals surface area contributed by atoms with E-state index in [0.717, 1.165) is 17.7 Å². The highest BCUT2D eigenvalue weighted by atomic mass is 16.7. The van der Waals surface area contributed by atoms with E-state index in [1.165, 1.54) is 19.3 Å².